The molecule has 2 heterocycles. The van der Waals surface area contributed by atoms with E-state index in [0.29, 0.717) is 26.2 Å². The Morgan fingerprint density at radius 3 is 2.79 bits per heavy atom. The maximum atomic E-state index is 13.2. The van der Waals surface area contributed by atoms with Crippen LogP contribution in [0.1, 0.15) is 15.9 Å². The molecule has 1 atom stereocenters. The number of halogens is 1. The number of rotatable bonds is 3. The second-order valence-corrected chi connectivity index (χ2v) is 5.74. The van der Waals surface area contributed by atoms with Gasteiger partial charge < -0.3 is 4.90 Å². The third kappa shape index (κ3) is 3.58. The molecule has 1 aliphatic rings. The summed E-state index contributed by atoms with van der Waals surface area (Å²) < 4.78 is 13.2. The van der Waals surface area contributed by atoms with Gasteiger partial charge in [-0.2, -0.15) is 5.26 Å². The Morgan fingerprint density at radius 2 is 2.08 bits per heavy atom. The van der Waals surface area contributed by atoms with E-state index in [1.54, 1.807) is 4.90 Å². The van der Waals surface area contributed by atoms with Crippen molar-refractivity contribution in [2.24, 2.45) is 0 Å². The molecule has 0 N–H and O–H groups in total. The Hall–Kier alpha value is -2.78. The van der Waals surface area contributed by atoms with Crippen molar-refractivity contribution in [3.05, 3.63) is 65.7 Å². The lowest BCUT2D eigenvalue weighted by Gasteiger charge is -2.38. The van der Waals surface area contributed by atoms with Crippen molar-refractivity contribution in [2.75, 3.05) is 19.6 Å². The van der Waals surface area contributed by atoms with E-state index in [9.17, 15) is 14.4 Å². The first-order valence-electron chi connectivity index (χ1n) is 7.75. The monoisotopic (exact) mass is 324 g/mol. The van der Waals surface area contributed by atoms with Crippen LogP contribution in [0.4, 0.5) is 4.39 Å². The largest absolute Gasteiger partial charge is 0.335 e. The lowest BCUT2D eigenvalue weighted by molar-refractivity contribution is 0.0551. The second kappa shape index (κ2) is 7.20. The van der Waals surface area contributed by atoms with Crippen LogP contribution in [0.2, 0.25) is 0 Å². The highest BCUT2D eigenvalue weighted by molar-refractivity contribution is 5.94. The van der Waals surface area contributed by atoms with Crippen LogP contribution in [0.5, 0.6) is 0 Å². The summed E-state index contributed by atoms with van der Waals surface area (Å²) >= 11 is 0. The van der Waals surface area contributed by atoms with Crippen molar-refractivity contribution in [3.63, 3.8) is 0 Å². The van der Waals surface area contributed by atoms with Gasteiger partial charge in [-0.1, -0.05) is 30.3 Å². The molecule has 1 aromatic carbocycles. The fraction of sp³-hybridized carbons (Fsp3) is 0.278. The van der Waals surface area contributed by atoms with E-state index in [2.05, 4.69) is 16.0 Å². The van der Waals surface area contributed by atoms with Crippen molar-refractivity contribution in [1.82, 2.24) is 14.8 Å². The van der Waals surface area contributed by atoms with Gasteiger partial charge in [0.1, 0.15) is 11.9 Å². The molecule has 2 aromatic rings. The number of nitriles is 1. The van der Waals surface area contributed by atoms with Gasteiger partial charge in [-0.3, -0.25) is 14.7 Å². The summed E-state index contributed by atoms with van der Waals surface area (Å²) in [7, 11) is 0. The molecule has 24 heavy (non-hydrogen) atoms. The molecule has 3 rings (SSSR count). The minimum atomic E-state index is -0.541. The summed E-state index contributed by atoms with van der Waals surface area (Å²) in [6, 6.07) is 13.0. The van der Waals surface area contributed by atoms with Gasteiger partial charge in [0.2, 0.25) is 0 Å². The van der Waals surface area contributed by atoms with Gasteiger partial charge >= 0.3 is 0 Å². The molecule has 1 saturated heterocycles. The smallest absolute Gasteiger partial charge is 0.255 e. The zero-order chi connectivity index (χ0) is 16.9. The SMILES string of the molecule is N#CC1CN(C(=O)c2cncc(F)c2)CCN1Cc1ccccc1. The molecular formula is C18H17FN4O. The molecule has 1 aromatic heterocycles. The highest BCUT2D eigenvalue weighted by Crippen LogP contribution is 2.16. The van der Waals surface area contributed by atoms with Gasteiger partial charge in [0.15, 0.2) is 0 Å². The van der Waals surface area contributed by atoms with Crippen molar-refractivity contribution < 1.29 is 9.18 Å². The van der Waals surface area contributed by atoms with Crippen LogP contribution in [-0.2, 0) is 6.54 Å². The van der Waals surface area contributed by atoms with Crippen LogP contribution in [0.25, 0.3) is 0 Å². The van der Waals surface area contributed by atoms with Gasteiger partial charge in [0, 0.05) is 32.4 Å². The van der Waals surface area contributed by atoms with Crippen molar-refractivity contribution in [3.8, 4) is 6.07 Å². The molecule has 122 valence electrons. The van der Waals surface area contributed by atoms with E-state index in [0.717, 1.165) is 11.8 Å². The number of hydrogen-bond donors (Lipinski definition) is 0. The van der Waals surface area contributed by atoms with E-state index in [1.165, 1.54) is 12.3 Å². The van der Waals surface area contributed by atoms with Crippen LogP contribution < -0.4 is 0 Å². The summed E-state index contributed by atoms with van der Waals surface area (Å²) in [5, 5.41) is 9.45. The standard InChI is InChI=1S/C18H17FN4O/c19-16-8-15(10-21-11-16)18(24)23-7-6-22(17(9-20)13-23)12-14-4-2-1-3-5-14/h1-5,8,10-11,17H,6-7,12-13H2. The van der Waals surface area contributed by atoms with E-state index in [1.807, 2.05) is 30.3 Å². The highest BCUT2D eigenvalue weighted by Gasteiger charge is 2.30. The summed E-state index contributed by atoms with van der Waals surface area (Å²) in [6.45, 7) is 2.07. The number of benzene rings is 1. The highest BCUT2D eigenvalue weighted by atomic mass is 19.1. The molecule has 1 unspecified atom stereocenters. The first-order valence-corrected chi connectivity index (χ1v) is 7.75. The van der Waals surface area contributed by atoms with Gasteiger partial charge in [-0.15, -0.1) is 0 Å². The number of nitrogens with zero attached hydrogens (tertiary/aromatic N) is 4. The lowest BCUT2D eigenvalue weighted by Crippen LogP contribution is -2.53. The van der Waals surface area contributed by atoms with Crippen LogP contribution in [0, 0.1) is 17.1 Å². The number of aromatic nitrogens is 1. The van der Waals surface area contributed by atoms with E-state index in [4.69, 9.17) is 0 Å². The minimum Gasteiger partial charge on any atom is -0.335 e. The Balaban J connectivity index is 1.68. The maximum Gasteiger partial charge on any atom is 0.255 e. The van der Waals surface area contributed by atoms with Crippen LogP contribution in [-0.4, -0.2) is 46.4 Å². The van der Waals surface area contributed by atoms with Gasteiger partial charge in [0.05, 0.1) is 17.8 Å². The maximum absolute atomic E-state index is 13.2. The predicted molar refractivity (Wildman–Crippen MR) is 86.4 cm³/mol. The van der Waals surface area contributed by atoms with Crippen LogP contribution >= 0.6 is 0 Å². The molecule has 1 fully saturated rings. The topological polar surface area (TPSA) is 60.2 Å². The van der Waals surface area contributed by atoms with Crippen molar-refractivity contribution in [2.45, 2.75) is 12.6 Å². The van der Waals surface area contributed by atoms with Crippen LogP contribution in [0.15, 0.2) is 48.8 Å². The molecule has 1 aliphatic heterocycles. The number of piperazine rings is 1. The second-order valence-electron chi connectivity index (χ2n) is 5.74. The minimum absolute atomic E-state index is 0.211. The summed E-state index contributed by atoms with van der Waals surface area (Å²) in [6.07, 6.45) is 2.41. The molecule has 5 nitrogen and oxygen atoms in total. The summed E-state index contributed by atoms with van der Waals surface area (Å²) in [4.78, 5) is 19.8. The average molecular weight is 324 g/mol. The van der Waals surface area contributed by atoms with E-state index in [-0.39, 0.29) is 17.5 Å². The molecule has 0 aliphatic carbocycles. The van der Waals surface area contributed by atoms with E-state index >= 15 is 0 Å². The Labute approximate surface area is 139 Å². The van der Waals surface area contributed by atoms with Gasteiger partial charge in [0.25, 0.3) is 5.91 Å². The van der Waals surface area contributed by atoms with Gasteiger partial charge in [-0.05, 0) is 11.6 Å². The first kappa shape index (κ1) is 16.1. The molecule has 0 saturated carbocycles. The molecule has 0 bridgehead atoms. The number of carbonyl (C=O) groups is 1. The van der Waals surface area contributed by atoms with Crippen molar-refractivity contribution >= 4 is 5.91 Å². The Bertz CT molecular complexity index is 759. The number of hydrogen-bond acceptors (Lipinski definition) is 4. The van der Waals surface area contributed by atoms with Crippen molar-refractivity contribution in [1.29, 1.82) is 5.26 Å². The molecular weight excluding hydrogens is 307 g/mol. The third-order valence-electron chi connectivity index (χ3n) is 4.11. The average Bonchev–Trinajstić information content (AvgIpc) is 2.62. The first-order chi connectivity index (χ1) is 11.7. The summed E-state index contributed by atoms with van der Waals surface area (Å²) in [5.74, 6) is -0.831. The molecule has 1 amide bonds. The Morgan fingerprint density at radius 1 is 1.29 bits per heavy atom. The zero-order valence-electron chi connectivity index (χ0n) is 13.1. The number of pyridine rings is 1. The number of carbonyl (C=O) groups excluding carboxylic acids is 1. The third-order valence-corrected chi connectivity index (χ3v) is 4.11. The Kier molecular flexibility index (Phi) is 4.82. The molecule has 0 spiro atoms. The molecule has 6 heteroatoms. The quantitative estimate of drug-likeness (QED) is 0.867. The van der Waals surface area contributed by atoms with Crippen LogP contribution in [0.3, 0.4) is 0 Å². The predicted octanol–water partition coefficient (Wildman–Crippen LogP) is 2.07. The zero-order valence-corrected chi connectivity index (χ0v) is 13.1. The fourth-order valence-electron chi connectivity index (χ4n) is 2.85. The normalized spacial score (nSPS) is 18.2. The van der Waals surface area contributed by atoms with E-state index < -0.39 is 5.82 Å². The number of amides is 1. The summed E-state index contributed by atoms with van der Waals surface area (Å²) in [5.41, 5.74) is 1.34. The molecule has 0 radical (unpaired) electrons. The van der Waals surface area contributed by atoms with Gasteiger partial charge in [-0.25, -0.2) is 4.39 Å². The fourth-order valence-corrected chi connectivity index (χ4v) is 2.85. The lowest BCUT2D eigenvalue weighted by atomic mass is 10.1.